The summed E-state index contributed by atoms with van der Waals surface area (Å²) in [5.41, 5.74) is 23.5. The lowest BCUT2D eigenvalue weighted by Gasteiger charge is -2.48. The third-order valence-corrected chi connectivity index (χ3v) is 6.48. The molecule has 1 saturated carbocycles. The van der Waals surface area contributed by atoms with Gasteiger partial charge in [0.05, 0.1) is 12.6 Å². The molecule has 0 bridgehead atoms. The zero-order valence-corrected chi connectivity index (χ0v) is 20.8. The highest BCUT2D eigenvalue weighted by molar-refractivity contribution is 7.79. The second-order valence-corrected chi connectivity index (χ2v) is 10.1. The number of hydrogen-bond donors (Lipinski definition) is 13. The highest BCUT2D eigenvalue weighted by atomic mass is 32.3. The van der Waals surface area contributed by atoms with Crippen molar-refractivity contribution < 1.29 is 72.2 Å². The van der Waals surface area contributed by atoms with E-state index in [9.17, 15) is 35.7 Å². The Morgan fingerprint density at radius 2 is 1.16 bits per heavy atom. The van der Waals surface area contributed by atoms with Gasteiger partial charge in [0, 0.05) is 18.6 Å². The van der Waals surface area contributed by atoms with Gasteiger partial charge in [0.1, 0.15) is 61.0 Å². The van der Waals surface area contributed by atoms with Gasteiger partial charge in [-0.3, -0.25) is 9.11 Å². The summed E-state index contributed by atoms with van der Waals surface area (Å²) in [6.07, 6.45) is -16.5. The molecule has 15 atom stereocenters. The summed E-state index contributed by atoms with van der Waals surface area (Å²) in [5.74, 6) is 0. The summed E-state index contributed by atoms with van der Waals surface area (Å²) in [6.45, 7) is -0.763. The molecule has 0 radical (unpaired) electrons. The van der Waals surface area contributed by atoms with Crippen LogP contribution in [-0.2, 0) is 29.3 Å². The van der Waals surface area contributed by atoms with Crippen LogP contribution in [0, 0.1) is 0 Å². The number of aliphatic hydroxyl groups excluding tert-OH is 7. The summed E-state index contributed by atoms with van der Waals surface area (Å²) < 4.78 is 53.8. The number of rotatable bonds is 6. The quantitative estimate of drug-likeness (QED) is 0.129. The van der Waals surface area contributed by atoms with E-state index in [2.05, 4.69) is 0 Å². The maximum atomic E-state index is 10.9. The van der Waals surface area contributed by atoms with Gasteiger partial charge in [-0.2, -0.15) is 8.42 Å². The molecule has 19 nitrogen and oxygen atoms in total. The van der Waals surface area contributed by atoms with Gasteiger partial charge in [0.15, 0.2) is 12.6 Å². The van der Waals surface area contributed by atoms with E-state index in [-0.39, 0.29) is 13.0 Å². The molecule has 0 aromatic rings. The molecule has 3 fully saturated rings. The van der Waals surface area contributed by atoms with E-state index in [1.165, 1.54) is 0 Å². The van der Waals surface area contributed by atoms with E-state index in [0.717, 1.165) is 0 Å². The van der Waals surface area contributed by atoms with E-state index >= 15 is 0 Å². The first-order chi connectivity index (χ1) is 17.5. The van der Waals surface area contributed by atoms with Crippen LogP contribution in [0.5, 0.6) is 0 Å². The predicted octanol–water partition coefficient (Wildman–Crippen LogP) is -7.94. The van der Waals surface area contributed by atoms with Crippen LogP contribution in [0.1, 0.15) is 6.42 Å². The number of ether oxygens (including phenoxy) is 4. The lowest BCUT2D eigenvalue weighted by atomic mass is 9.84. The van der Waals surface area contributed by atoms with Crippen molar-refractivity contribution in [3.63, 3.8) is 0 Å². The first-order valence-electron chi connectivity index (χ1n) is 11.5. The summed E-state index contributed by atoms with van der Waals surface area (Å²) in [4.78, 5) is 0. The molecule has 0 amide bonds. The van der Waals surface area contributed by atoms with Crippen molar-refractivity contribution in [1.82, 2.24) is 0 Å². The van der Waals surface area contributed by atoms with Crippen LogP contribution in [0.4, 0.5) is 0 Å². The number of nitrogens with two attached hydrogens (primary N) is 4. The number of hydrogen-bond acceptors (Lipinski definition) is 17. The molecule has 2 saturated heterocycles. The molecule has 2 aliphatic heterocycles. The van der Waals surface area contributed by atoms with E-state index in [0.29, 0.717) is 0 Å². The lowest BCUT2D eigenvalue weighted by molar-refractivity contribution is -0.332. The van der Waals surface area contributed by atoms with Crippen LogP contribution < -0.4 is 22.9 Å². The minimum Gasteiger partial charge on any atom is -0.394 e. The van der Waals surface area contributed by atoms with Gasteiger partial charge in [0.25, 0.3) is 0 Å². The van der Waals surface area contributed by atoms with Crippen LogP contribution in [0.2, 0.25) is 0 Å². The Labute approximate surface area is 217 Å². The van der Waals surface area contributed by atoms with Crippen LogP contribution in [0.25, 0.3) is 0 Å². The molecular formula is C18H38N4O15S. The van der Waals surface area contributed by atoms with Gasteiger partial charge >= 0.3 is 10.4 Å². The van der Waals surface area contributed by atoms with E-state index in [1.807, 2.05) is 0 Å². The minimum absolute atomic E-state index is 0.0849. The molecule has 0 aromatic carbocycles. The standard InChI is InChI=1S/C18H36N4O11.H2O4S/c19-2-6-10(25)12(27)13(28)18(30-6)33-16-5(21)1-4(20)15(14(16)29)32-17-11(26)8(22)9(24)7(3-23)31-17;1-5(2,3)4/h4-18,23-29H,1-3,19-22H2;(H2,1,2,3,4)/t4-,5-,6?,7?,8-,9-,10-,11?,12-,13?,14?,15?,16-,17-,18-;/m1./s1. The lowest BCUT2D eigenvalue weighted by Crippen LogP contribution is -2.68. The molecule has 0 spiro atoms. The summed E-state index contributed by atoms with van der Waals surface area (Å²) >= 11 is 0. The molecule has 3 aliphatic rings. The first-order valence-corrected chi connectivity index (χ1v) is 12.9. The average molecular weight is 583 g/mol. The fourth-order valence-electron chi connectivity index (χ4n) is 4.40. The fraction of sp³-hybridized carbons (Fsp3) is 1.00. The second-order valence-electron chi connectivity index (χ2n) is 9.24. The Bertz CT molecular complexity index is 783. The second kappa shape index (κ2) is 13.8. The van der Waals surface area contributed by atoms with Crippen molar-refractivity contribution in [3.8, 4) is 0 Å². The third kappa shape index (κ3) is 8.15. The first kappa shape index (κ1) is 33.5. The molecule has 2 heterocycles. The van der Waals surface area contributed by atoms with Gasteiger partial charge in [-0.05, 0) is 6.42 Å². The van der Waals surface area contributed by atoms with Gasteiger partial charge in [0.2, 0.25) is 0 Å². The van der Waals surface area contributed by atoms with Crippen molar-refractivity contribution >= 4 is 10.4 Å². The Kier molecular flexibility index (Phi) is 12.1. The largest absolute Gasteiger partial charge is 0.394 e. The Morgan fingerprint density at radius 3 is 1.61 bits per heavy atom. The Balaban J connectivity index is 0.000000926. The maximum absolute atomic E-state index is 10.9. The molecule has 1 aliphatic carbocycles. The monoisotopic (exact) mass is 582 g/mol. The maximum Gasteiger partial charge on any atom is 0.394 e. The molecule has 38 heavy (non-hydrogen) atoms. The van der Waals surface area contributed by atoms with Crippen LogP contribution in [0.15, 0.2) is 0 Å². The summed E-state index contributed by atoms with van der Waals surface area (Å²) in [6, 6.07) is -2.86. The van der Waals surface area contributed by atoms with Crippen molar-refractivity contribution in [3.05, 3.63) is 0 Å². The third-order valence-electron chi connectivity index (χ3n) is 6.48. The van der Waals surface area contributed by atoms with Crippen LogP contribution >= 0.6 is 0 Å². The molecule has 20 heteroatoms. The summed E-state index contributed by atoms with van der Waals surface area (Å²) in [5, 5.41) is 70.9. The van der Waals surface area contributed by atoms with Gasteiger partial charge in [-0.25, -0.2) is 0 Å². The van der Waals surface area contributed by atoms with Gasteiger partial charge in [-0.15, -0.1) is 0 Å². The predicted molar refractivity (Wildman–Crippen MR) is 122 cm³/mol. The highest BCUT2D eigenvalue weighted by Crippen LogP contribution is 2.31. The van der Waals surface area contributed by atoms with Crippen molar-refractivity contribution in [2.45, 2.75) is 98.2 Å². The van der Waals surface area contributed by atoms with E-state index < -0.39 is 109 Å². The van der Waals surface area contributed by atoms with Crippen molar-refractivity contribution in [2.24, 2.45) is 22.9 Å². The highest BCUT2D eigenvalue weighted by Gasteiger charge is 2.51. The molecule has 6 unspecified atom stereocenters. The van der Waals surface area contributed by atoms with Gasteiger partial charge in [-0.1, -0.05) is 0 Å². The molecule has 3 rings (SSSR count). The van der Waals surface area contributed by atoms with Crippen LogP contribution in [-0.4, -0.2) is 158 Å². The fourth-order valence-corrected chi connectivity index (χ4v) is 4.40. The molecule has 0 aromatic heterocycles. The normalized spacial score (nSPS) is 48.2. The molecular weight excluding hydrogens is 544 g/mol. The molecule has 17 N–H and O–H groups in total. The minimum atomic E-state index is -4.67. The Morgan fingerprint density at radius 1 is 0.711 bits per heavy atom. The number of aliphatic hydroxyl groups is 7. The van der Waals surface area contributed by atoms with E-state index in [4.69, 9.17) is 59.4 Å². The van der Waals surface area contributed by atoms with Crippen molar-refractivity contribution in [1.29, 1.82) is 0 Å². The summed E-state index contributed by atoms with van der Waals surface area (Å²) in [7, 11) is -4.67. The smallest absolute Gasteiger partial charge is 0.394 e. The zero-order valence-electron chi connectivity index (χ0n) is 20.0. The average Bonchev–Trinajstić information content (AvgIpc) is 2.83. The Hall–Kier alpha value is -0.730. The van der Waals surface area contributed by atoms with Gasteiger partial charge < -0.3 is 77.6 Å². The van der Waals surface area contributed by atoms with Crippen LogP contribution in [0.3, 0.4) is 0 Å². The SMILES string of the molecule is NCC1O[C@H](O[C@H]2C(O)C(O[C@H]3OC(CO)[C@@H](O)[C@@H](N)C3O)[C@H](N)C[C@H]2N)C(O)[C@H](O)[C@@H]1O.O=S(=O)(O)O. The van der Waals surface area contributed by atoms with E-state index in [1.54, 1.807) is 0 Å². The molecule has 226 valence electrons. The van der Waals surface area contributed by atoms with Crippen molar-refractivity contribution in [2.75, 3.05) is 13.2 Å². The zero-order chi connectivity index (χ0) is 29.1. The topological polar surface area (TPSA) is 357 Å².